The summed E-state index contributed by atoms with van der Waals surface area (Å²) in [5, 5.41) is 3.75. The van der Waals surface area contributed by atoms with Crippen LogP contribution in [-0.4, -0.2) is 49.5 Å². The lowest BCUT2D eigenvalue weighted by Crippen LogP contribution is -2.55. The van der Waals surface area contributed by atoms with Crippen LogP contribution in [0, 0.1) is 6.92 Å². The first kappa shape index (κ1) is 28.9. The van der Waals surface area contributed by atoms with Crippen LogP contribution in [0.15, 0.2) is 42.5 Å². The molecule has 2 aromatic carbocycles. The maximum absolute atomic E-state index is 13.7. The minimum Gasteiger partial charge on any atom is -0.350 e. The molecule has 192 valence electrons. The molecule has 1 N–H and O–H groups in total. The van der Waals surface area contributed by atoms with Gasteiger partial charge in [-0.25, -0.2) is 8.42 Å². The summed E-state index contributed by atoms with van der Waals surface area (Å²) in [5.41, 5.74) is 1.18. The standard InChI is InChI=1S/C25H33Cl2N3O4S/c1-7-22(24(32)28-25(3,4)5)29(15-18-10-8-9-11-20(18)26)23(31)16-30(35(6,33)34)19-13-12-17(2)21(27)14-19/h8-14,22H,7,15-16H2,1-6H3,(H,28,32). The van der Waals surface area contributed by atoms with Gasteiger partial charge < -0.3 is 10.2 Å². The number of carbonyl (C=O) groups excluding carboxylic acids is 2. The average molecular weight is 543 g/mol. The Kier molecular flexibility index (Phi) is 9.62. The molecule has 0 saturated heterocycles. The van der Waals surface area contributed by atoms with E-state index >= 15 is 0 Å². The SMILES string of the molecule is CCC(C(=O)NC(C)(C)C)N(Cc1ccccc1Cl)C(=O)CN(c1ccc(C)c(Cl)c1)S(C)(=O)=O. The molecule has 7 nitrogen and oxygen atoms in total. The molecule has 0 fully saturated rings. The number of carbonyl (C=O) groups is 2. The van der Waals surface area contributed by atoms with E-state index in [2.05, 4.69) is 5.32 Å². The van der Waals surface area contributed by atoms with Gasteiger partial charge in [-0.2, -0.15) is 0 Å². The van der Waals surface area contributed by atoms with Gasteiger partial charge in [-0.15, -0.1) is 0 Å². The second kappa shape index (κ2) is 11.6. The summed E-state index contributed by atoms with van der Waals surface area (Å²) in [5.74, 6) is -0.868. The molecular weight excluding hydrogens is 509 g/mol. The van der Waals surface area contributed by atoms with Crippen molar-refractivity contribution in [1.29, 1.82) is 0 Å². The fourth-order valence-electron chi connectivity index (χ4n) is 3.53. The Balaban J connectivity index is 2.49. The zero-order valence-corrected chi connectivity index (χ0v) is 23.3. The number of hydrogen-bond acceptors (Lipinski definition) is 4. The number of sulfonamides is 1. The molecule has 2 rings (SSSR count). The largest absolute Gasteiger partial charge is 0.350 e. The number of hydrogen-bond donors (Lipinski definition) is 1. The summed E-state index contributed by atoms with van der Waals surface area (Å²) < 4.78 is 26.3. The molecule has 0 aliphatic heterocycles. The number of benzene rings is 2. The van der Waals surface area contributed by atoms with E-state index in [1.54, 1.807) is 50.2 Å². The number of nitrogens with zero attached hydrogens (tertiary/aromatic N) is 2. The Hall–Kier alpha value is -2.29. The zero-order chi connectivity index (χ0) is 26.6. The van der Waals surface area contributed by atoms with Gasteiger partial charge in [-0.05, 0) is 63.4 Å². The molecule has 1 unspecified atom stereocenters. The fourth-order valence-corrected chi connectivity index (χ4v) is 4.74. The Labute approximate surface area is 218 Å². The van der Waals surface area contributed by atoms with Crippen molar-refractivity contribution in [3.63, 3.8) is 0 Å². The van der Waals surface area contributed by atoms with Crippen molar-refractivity contribution in [2.75, 3.05) is 17.1 Å². The zero-order valence-electron chi connectivity index (χ0n) is 20.9. The first-order chi connectivity index (χ1) is 16.1. The number of halogens is 2. The number of rotatable bonds is 9. The van der Waals surface area contributed by atoms with Gasteiger partial charge in [0, 0.05) is 22.1 Å². The van der Waals surface area contributed by atoms with Gasteiger partial charge >= 0.3 is 0 Å². The van der Waals surface area contributed by atoms with Crippen LogP contribution in [0.5, 0.6) is 0 Å². The van der Waals surface area contributed by atoms with Gasteiger partial charge in [0.15, 0.2) is 0 Å². The molecule has 0 aliphatic carbocycles. The average Bonchev–Trinajstić information content (AvgIpc) is 2.73. The molecular formula is C25H33Cl2N3O4S. The Morgan fingerprint density at radius 2 is 1.69 bits per heavy atom. The molecule has 0 saturated carbocycles. The Morgan fingerprint density at radius 3 is 2.20 bits per heavy atom. The van der Waals surface area contributed by atoms with Crippen molar-refractivity contribution in [3.8, 4) is 0 Å². The topological polar surface area (TPSA) is 86.8 Å². The van der Waals surface area contributed by atoms with Crippen molar-refractivity contribution in [1.82, 2.24) is 10.2 Å². The van der Waals surface area contributed by atoms with E-state index in [1.165, 1.54) is 11.0 Å². The highest BCUT2D eigenvalue weighted by Crippen LogP contribution is 2.26. The lowest BCUT2D eigenvalue weighted by atomic mass is 10.1. The monoisotopic (exact) mass is 541 g/mol. The normalized spacial score (nSPS) is 12.7. The molecule has 0 aliphatic rings. The fraction of sp³-hybridized carbons (Fsp3) is 0.440. The van der Waals surface area contributed by atoms with Gasteiger partial charge in [-0.3, -0.25) is 13.9 Å². The van der Waals surface area contributed by atoms with Crippen LogP contribution in [0.4, 0.5) is 5.69 Å². The smallest absolute Gasteiger partial charge is 0.244 e. The minimum absolute atomic E-state index is 0.0425. The van der Waals surface area contributed by atoms with E-state index < -0.39 is 34.1 Å². The Bertz CT molecular complexity index is 1180. The molecule has 1 atom stereocenters. The highest BCUT2D eigenvalue weighted by molar-refractivity contribution is 7.92. The summed E-state index contributed by atoms with van der Waals surface area (Å²) in [6.07, 6.45) is 1.35. The molecule has 0 radical (unpaired) electrons. The molecule has 0 heterocycles. The van der Waals surface area contributed by atoms with E-state index in [0.717, 1.165) is 16.1 Å². The first-order valence-electron chi connectivity index (χ1n) is 11.2. The predicted octanol–water partition coefficient (Wildman–Crippen LogP) is 4.79. The van der Waals surface area contributed by atoms with Crippen LogP contribution in [-0.2, 0) is 26.2 Å². The van der Waals surface area contributed by atoms with Crippen LogP contribution in [0.3, 0.4) is 0 Å². The predicted molar refractivity (Wildman–Crippen MR) is 142 cm³/mol. The van der Waals surface area contributed by atoms with E-state index in [0.29, 0.717) is 22.0 Å². The third-order valence-corrected chi connectivity index (χ3v) is 7.22. The molecule has 2 aromatic rings. The highest BCUT2D eigenvalue weighted by atomic mass is 35.5. The summed E-state index contributed by atoms with van der Waals surface area (Å²) in [7, 11) is -3.84. The van der Waals surface area contributed by atoms with E-state index in [4.69, 9.17) is 23.2 Å². The van der Waals surface area contributed by atoms with E-state index in [-0.39, 0.29) is 18.1 Å². The summed E-state index contributed by atoms with van der Waals surface area (Å²) in [4.78, 5) is 28.2. The number of aryl methyl sites for hydroxylation is 1. The molecule has 0 spiro atoms. The second-order valence-electron chi connectivity index (χ2n) is 9.48. The van der Waals surface area contributed by atoms with Crippen LogP contribution < -0.4 is 9.62 Å². The van der Waals surface area contributed by atoms with E-state index in [9.17, 15) is 18.0 Å². The van der Waals surface area contributed by atoms with Crippen molar-refractivity contribution < 1.29 is 18.0 Å². The lowest BCUT2D eigenvalue weighted by molar-refractivity contribution is -0.141. The number of anilines is 1. The molecule has 35 heavy (non-hydrogen) atoms. The minimum atomic E-state index is -3.84. The number of nitrogens with one attached hydrogen (secondary N) is 1. The summed E-state index contributed by atoms with van der Waals surface area (Å²) >= 11 is 12.6. The van der Waals surface area contributed by atoms with Crippen LogP contribution in [0.2, 0.25) is 10.0 Å². The van der Waals surface area contributed by atoms with Gasteiger partial charge in [0.05, 0.1) is 11.9 Å². The van der Waals surface area contributed by atoms with Crippen LogP contribution in [0.1, 0.15) is 45.2 Å². The van der Waals surface area contributed by atoms with E-state index in [1.807, 2.05) is 20.8 Å². The molecule has 0 aromatic heterocycles. The third kappa shape index (κ3) is 8.12. The molecule has 2 amide bonds. The van der Waals surface area contributed by atoms with Crippen molar-refractivity contribution in [2.45, 2.75) is 59.2 Å². The summed E-state index contributed by atoms with van der Waals surface area (Å²) in [6.45, 7) is 8.70. The van der Waals surface area contributed by atoms with Crippen molar-refractivity contribution >= 4 is 50.7 Å². The highest BCUT2D eigenvalue weighted by Gasteiger charge is 2.33. The van der Waals surface area contributed by atoms with Crippen LogP contribution >= 0.6 is 23.2 Å². The second-order valence-corrected chi connectivity index (χ2v) is 12.2. The Morgan fingerprint density at radius 1 is 1.06 bits per heavy atom. The van der Waals surface area contributed by atoms with Crippen molar-refractivity contribution in [3.05, 3.63) is 63.6 Å². The van der Waals surface area contributed by atoms with Gasteiger partial charge in [-0.1, -0.05) is 54.4 Å². The lowest BCUT2D eigenvalue weighted by Gasteiger charge is -2.34. The van der Waals surface area contributed by atoms with Gasteiger partial charge in [0.1, 0.15) is 12.6 Å². The number of amides is 2. The van der Waals surface area contributed by atoms with Crippen LogP contribution in [0.25, 0.3) is 0 Å². The molecule has 10 heteroatoms. The molecule has 0 bridgehead atoms. The quantitative estimate of drug-likeness (QED) is 0.494. The first-order valence-corrected chi connectivity index (χ1v) is 13.8. The third-order valence-electron chi connectivity index (χ3n) is 5.31. The van der Waals surface area contributed by atoms with Gasteiger partial charge in [0.2, 0.25) is 21.8 Å². The summed E-state index contributed by atoms with van der Waals surface area (Å²) in [6, 6.07) is 11.0. The maximum Gasteiger partial charge on any atom is 0.244 e. The van der Waals surface area contributed by atoms with Crippen molar-refractivity contribution in [2.24, 2.45) is 0 Å². The maximum atomic E-state index is 13.7. The van der Waals surface area contributed by atoms with Gasteiger partial charge in [0.25, 0.3) is 0 Å².